The van der Waals surface area contributed by atoms with Crippen molar-refractivity contribution < 1.29 is 13.9 Å². The Balaban J connectivity index is 2.32. The number of halogens is 1. The quantitative estimate of drug-likeness (QED) is 0.747. The Bertz CT molecular complexity index is 524. The summed E-state index contributed by atoms with van der Waals surface area (Å²) in [4.78, 5) is 11.4. The summed E-state index contributed by atoms with van der Waals surface area (Å²) >= 11 is 0. The van der Waals surface area contributed by atoms with E-state index in [4.69, 9.17) is 4.74 Å². The molecule has 0 spiro atoms. The summed E-state index contributed by atoms with van der Waals surface area (Å²) in [6.45, 7) is 8.47. The summed E-state index contributed by atoms with van der Waals surface area (Å²) in [7, 11) is 0. The van der Waals surface area contributed by atoms with Crippen LogP contribution in [0, 0.1) is 5.82 Å². The lowest BCUT2D eigenvalue weighted by atomic mass is 10.0. The molecule has 1 aromatic carbocycles. The molecule has 0 aliphatic carbocycles. The lowest BCUT2D eigenvalue weighted by Gasteiger charge is -2.19. The van der Waals surface area contributed by atoms with Crippen molar-refractivity contribution in [1.29, 1.82) is 0 Å². The molecular weight excluding hydrogens is 295 g/mol. The highest BCUT2D eigenvalue weighted by atomic mass is 19.1. The van der Waals surface area contributed by atoms with Crippen LogP contribution in [0.2, 0.25) is 0 Å². The van der Waals surface area contributed by atoms with Crippen LogP contribution in [0.5, 0.6) is 0 Å². The van der Waals surface area contributed by atoms with E-state index in [1.165, 1.54) is 6.07 Å². The van der Waals surface area contributed by atoms with Gasteiger partial charge >= 0.3 is 6.09 Å². The van der Waals surface area contributed by atoms with Crippen molar-refractivity contribution in [1.82, 2.24) is 10.6 Å². The van der Waals surface area contributed by atoms with Gasteiger partial charge in [-0.05, 0) is 33.3 Å². The predicted octanol–water partition coefficient (Wildman–Crippen LogP) is 3.95. The van der Waals surface area contributed by atoms with Crippen molar-refractivity contribution in [3.8, 4) is 0 Å². The van der Waals surface area contributed by atoms with Crippen molar-refractivity contribution in [2.75, 3.05) is 13.1 Å². The molecule has 128 valence electrons. The van der Waals surface area contributed by atoms with E-state index in [2.05, 4.69) is 10.6 Å². The highest BCUT2D eigenvalue weighted by molar-refractivity contribution is 5.67. The molecule has 4 nitrogen and oxygen atoms in total. The first-order valence-electron chi connectivity index (χ1n) is 7.93. The molecule has 0 radical (unpaired) electrons. The third-order valence-corrected chi connectivity index (χ3v) is 3.10. The summed E-state index contributed by atoms with van der Waals surface area (Å²) in [6.07, 6.45) is 4.10. The molecule has 0 aromatic heterocycles. The minimum Gasteiger partial charge on any atom is -0.444 e. The second-order valence-corrected chi connectivity index (χ2v) is 6.24. The lowest BCUT2D eigenvalue weighted by molar-refractivity contribution is 0.0534. The van der Waals surface area contributed by atoms with Crippen LogP contribution in [0.4, 0.5) is 9.18 Å². The molecule has 0 saturated heterocycles. The van der Waals surface area contributed by atoms with E-state index in [-0.39, 0.29) is 11.9 Å². The molecule has 1 atom stereocenters. The average Bonchev–Trinajstić information content (AvgIpc) is 2.46. The first-order chi connectivity index (χ1) is 10.8. The fourth-order valence-corrected chi connectivity index (χ4v) is 2.07. The molecule has 0 saturated carbocycles. The molecule has 1 amide bonds. The van der Waals surface area contributed by atoms with Gasteiger partial charge < -0.3 is 15.4 Å². The van der Waals surface area contributed by atoms with E-state index in [1.54, 1.807) is 12.1 Å². The molecule has 2 N–H and O–H groups in total. The molecule has 5 heteroatoms. The van der Waals surface area contributed by atoms with Gasteiger partial charge in [-0.1, -0.05) is 37.3 Å². The summed E-state index contributed by atoms with van der Waals surface area (Å²) in [6, 6.07) is 6.77. The van der Waals surface area contributed by atoms with Crippen LogP contribution < -0.4 is 10.6 Å². The van der Waals surface area contributed by atoms with Crippen LogP contribution in [0.1, 0.15) is 45.7 Å². The SMILES string of the molecule is CCC(NC/C=C/CNC(=O)OC(C)(C)C)c1ccccc1F. The first-order valence-corrected chi connectivity index (χ1v) is 7.93. The number of carbonyl (C=O) groups excluding carboxylic acids is 1. The summed E-state index contributed by atoms with van der Waals surface area (Å²) in [5.74, 6) is -0.192. The van der Waals surface area contributed by atoms with Crippen molar-refractivity contribution in [3.63, 3.8) is 0 Å². The standard InChI is InChI=1S/C18H27FN2O2/c1-5-16(14-10-6-7-11-15(14)19)20-12-8-9-13-21-17(22)23-18(2,3)4/h6-11,16,20H,5,12-13H2,1-4H3,(H,21,22)/b9-8+. The van der Waals surface area contributed by atoms with Gasteiger partial charge in [-0.2, -0.15) is 0 Å². The maximum Gasteiger partial charge on any atom is 0.407 e. The number of amides is 1. The second kappa shape index (κ2) is 9.30. The third kappa shape index (κ3) is 7.79. The van der Waals surface area contributed by atoms with Crippen LogP contribution >= 0.6 is 0 Å². The van der Waals surface area contributed by atoms with Gasteiger partial charge in [0, 0.05) is 24.7 Å². The minimum absolute atomic E-state index is 0.0281. The Morgan fingerprint density at radius 1 is 1.26 bits per heavy atom. The summed E-state index contributed by atoms with van der Waals surface area (Å²) in [5.41, 5.74) is 0.180. The van der Waals surface area contributed by atoms with Gasteiger partial charge in [-0.3, -0.25) is 0 Å². The van der Waals surface area contributed by atoms with Crippen molar-refractivity contribution in [2.24, 2.45) is 0 Å². The molecule has 1 aromatic rings. The second-order valence-electron chi connectivity index (χ2n) is 6.24. The number of alkyl carbamates (subject to hydrolysis) is 1. The molecule has 0 heterocycles. The molecule has 0 fully saturated rings. The van der Waals surface area contributed by atoms with E-state index in [0.29, 0.717) is 18.7 Å². The normalized spacial score (nSPS) is 13.1. The van der Waals surface area contributed by atoms with Crippen LogP contribution in [-0.4, -0.2) is 24.8 Å². The maximum atomic E-state index is 13.8. The molecule has 1 rings (SSSR count). The van der Waals surface area contributed by atoms with E-state index in [0.717, 1.165) is 6.42 Å². The first kappa shape index (κ1) is 19.2. The molecule has 0 aliphatic rings. The fourth-order valence-electron chi connectivity index (χ4n) is 2.07. The zero-order valence-corrected chi connectivity index (χ0v) is 14.4. The van der Waals surface area contributed by atoms with Crippen LogP contribution in [-0.2, 0) is 4.74 Å². The topological polar surface area (TPSA) is 50.4 Å². The molecule has 1 unspecified atom stereocenters. The van der Waals surface area contributed by atoms with Gasteiger partial charge in [0.15, 0.2) is 0 Å². The summed E-state index contributed by atoms with van der Waals surface area (Å²) < 4.78 is 18.9. The van der Waals surface area contributed by atoms with E-state index in [1.807, 2.05) is 45.9 Å². The number of hydrogen-bond donors (Lipinski definition) is 2. The van der Waals surface area contributed by atoms with Gasteiger partial charge in [0.2, 0.25) is 0 Å². The van der Waals surface area contributed by atoms with Gasteiger partial charge in [0.1, 0.15) is 11.4 Å². The Hall–Kier alpha value is -1.88. The maximum absolute atomic E-state index is 13.8. The minimum atomic E-state index is -0.497. The van der Waals surface area contributed by atoms with Crippen LogP contribution in [0.3, 0.4) is 0 Å². The van der Waals surface area contributed by atoms with Gasteiger partial charge in [-0.25, -0.2) is 9.18 Å². The lowest BCUT2D eigenvalue weighted by Crippen LogP contribution is -2.32. The zero-order valence-electron chi connectivity index (χ0n) is 14.4. The molecule has 0 bridgehead atoms. The number of carbonyl (C=O) groups is 1. The van der Waals surface area contributed by atoms with Crippen molar-refractivity contribution in [3.05, 3.63) is 47.8 Å². The molecular formula is C18H27FN2O2. The van der Waals surface area contributed by atoms with E-state index >= 15 is 0 Å². The Labute approximate surface area is 138 Å². The fraction of sp³-hybridized carbons (Fsp3) is 0.500. The Morgan fingerprint density at radius 2 is 1.91 bits per heavy atom. The zero-order chi connectivity index (χ0) is 17.3. The number of hydrogen-bond acceptors (Lipinski definition) is 3. The van der Waals surface area contributed by atoms with Gasteiger partial charge in [0.05, 0.1) is 0 Å². The molecule has 23 heavy (non-hydrogen) atoms. The summed E-state index contributed by atoms with van der Waals surface area (Å²) in [5, 5.41) is 5.93. The highest BCUT2D eigenvalue weighted by Crippen LogP contribution is 2.19. The monoisotopic (exact) mass is 322 g/mol. The predicted molar refractivity (Wildman–Crippen MR) is 90.8 cm³/mol. The van der Waals surface area contributed by atoms with E-state index < -0.39 is 11.7 Å². The average molecular weight is 322 g/mol. The highest BCUT2D eigenvalue weighted by Gasteiger charge is 2.15. The smallest absolute Gasteiger partial charge is 0.407 e. The van der Waals surface area contributed by atoms with Gasteiger partial charge in [0.25, 0.3) is 0 Å². The number of benzene rings is 1. The number of ether oxygens (including phenoxy) is 1. The van der Waals surface area contributed by atoms with Gasteiger partial charge in [-0.15, -0.1) is 0 Å². The largest absolute Gasteiger partial charge is 0.444 e. The van der Waals surface area contributed by atoms with E-state index in [9.17, 15) is 9.18 Å². The van der Waals surface area contributed by atoms with Crippen LogP contribution in [0.15, 0.2) is 36.4 Å². The third-order valence-electron chi connectivity index (χ3n) is 3.10. The van der Waals surface area contributed by atoms with Crippen molar-refractivity contribution in [2.45, 2.75) is 45.8 Å². The molecule has 0 aliphatic heterocycles. The van der Waals surface area contributed by atoms with Crippen LogP contribution in [0.25, 0.3) is 0 Å². The van der Waals surface area contributed by atoms with Crippen molar-refractivity contribution >= 4 is 6.09 Å². The Kier molecular flexibility index (Phi) is 7.75. The number of rotatable bonds is 7. The number of nitrogens with one attached hydrogen (secondary N) is 2. The Morgan fingerprint density at radius 3 is 2.52 bits per heavy atom.